The van der Waals surface area contributed by atoms with Crippen LogP contribution in [0.2, 0.25) is 0 Å². The molecule has 0 bridgehead atoms. The summed E-state index contributed by atoms with van der Waals surface area (Å²) in [4.78, 5) is 4.37. The van der Waals surface area contributed by atoms with Gasteiger partial charge in [-0.15, -0.1) is 0 Å². The number of anilines is 2. The Labute approximate surface area is 117 Å². The van der Waals surface area contributed by atoms with Crippen LogP contribution in [0, 0.1) is 6.92 Å². The number of rotatable bonds is 3. The van der Waals surface area contributed by atoms with Crippen LogP contribution in [0.15, 0.2) is 41.0 Å². The third kappa shape index (κ3) is 3.10. The van der Waals surface area contributed by atoms with Gasteiger partial charge in [-0.1, -0.05) is 26.0 Å². The first kappa shape index (κ1) is 13.1. The van der Waals surface area contributed by atoms with E-state index in [1.54, 1.807) is 0 Å². The normalized spacial score (nSPS) is 10.7. The van der Waals surface area contributed by atoms with Crippen LogP contribution in [0.4, 0.5) is 11.5 Å². The van der Waals surface area contributed by atoms with Crippen molar-refractivity contribution in [2.24, 2.45) is 0 Å². The first-order valence-electron chi connectivity index (χ1n) is 6.05. The fraction of sp³-hybridized carbons (Fsp3) is 0.267. The minimum absolute atomic E-state index is 0.559. The molecule has 0 aliphatic rings. The summed E-state index contributed by atoms with van der Waals surface area (Å²) in [6, 6.07) is 10.5. The molecule has 1 aromatic carbocycles. The van der Waals surface area contributed by atoms with Crippen LogP contribution in [0.5, 0.6) is 0 Å². The maximum Gasteiger partial charge on any atom is 0.144 e. The number of aromatic nitrogens is 1. The molecule has 0 aliphatic carbocycles. The van der Waals surface area contributed by atoms with E-state index in [2.05, 4.69) is 70.4 Å². The predicted molar refractivity (Wildman–Crippen MR) is 80.5 cm³/mol. The number of halogens is 1. The van der Waals surface area contributed by atoms with Crippen LogP contribution in [0.1, 0.15) is 30.9 Å². The highest BCUT2D eigenvalue weighted by Crippen LogP contribution is 2.25. The van der Waals surface area contributed by atoms with Crippen LogP contribution < -0.4 is 5.32 Å². The average Bonchev–Trinajstić information content (AvgIpc) is 2.33. The van der Waals surface area contributed by atoms with Crippen molar-refractivity contribution >= 4 is 27.4 Å². The van der Waals surface area contributed by atoms with E-state index in [-0.39, 0.29) is 0 Å². The molecule has 0 saturated heterocycles. The number of hydrogen-bond donors (Lipinski definition) is 1. The third-order valence-electron chi connectivity index (χ3n) is 2.82. The van der Waals surface area contributed by atoms with E-state index in [4.69, 9.17) is 0 Å². The summed E-state index contributed by atoms with van der Waals surface area (Å²) in [5.74, 6) is 1.40. The molecule has 0 unspecified atom stereocenters. The van der Waals surface area contributed by atoms with Crippen molar-refractivity contribution in [2.75, 3.05) is 5.32 Å². The van der Waals surface area contributed by atoms with Gasteiger partial charge in [-0.05, 0) is 58.1 Å². The second-order valence-corrected chi connectivity index (χ2v) is 5.60. The second kappa shape index (κ2) is 5.53. The molecule has 18 heavy (non-hydrogen) atoms. The van der Waals surface area contributed by atoms with Gasteiger partial charge in [0.2, 0.25) is 0 Å². The average molecular weight is 305 g/mol. The van der Waals surface area contributed by atoms with E-state index in [0.29, 0.717) is 5.92 Å². The van der Waals surface area contributed by atoms with Crippen LogP contribution in [0.25, 0.3) is 0 Å². The molecule has 0 amide bonds. The molecule has 94 valence electrons. The maximum absolute atomic E-state index is 4.37. The van der Waals surface area contributed by atoms with Gasteiger partial charge < -0.3 is 5.32 Å². The summed E-state index contributed by atoms with van der Waals surface area (Å²) < 4.78 is 0.982. The Morgan fingerprint density at radius 1 is 1.17 bits per heavy atom. The summed E-state index contributed by atoms with van der Waals surface area (Å²) in [5.41, 5.74) is 3.54. The molecule has 1 N–H and O–H groups in total. The van der Waals surface area contributed by atoms with Gasteiger partial charge in [0.1, 0.15) is 5.82 Å². The van der Waals surface area contributed by atoms with Crippen molar-refractivity contribution in [2.45, 2.75) is 26.7 Å². The molecule has 0 spiro atoms. The Bertz CT molecular complexity index is 533. The number of benzene rings is 1. The Balaban J connectivity index is 2.18. The molecular weight excluding hydrogens is 288 g/mol. The summed E-state index contributed by atoms with van der Waals surface area (Å²) in [6.07, 6.45) is 1.86. The van der Waals surface area contributed by atoms with E-state index < -0.39 is 0 Å². The Hall–Kier alpha value is -1.35. The Kier molecular flexibility index (Phi) is 4.02. The van der Waals surface area contributed by atoms with Gasteiger partial charge >= 0.3 is 0 Å². The van der Waals surface area contributed by atoms with Crippen LogP contribution in [-0.4, -0.2) is 4.98 Å². The fourth-order valence-corrected chi connectivity index (χ4v) is 2.28. The summed E-state index contributed by atoms with van der Waals surface area (Å²) in [6.45, 7) is 6.42. The summed E-state index contributed by atoms with van der Waals surface area (Å²) in [7, 11) is 0. The van der Waals surface area contributed by atoms with Crippen molar-refractivity contribution in [3.63, 3.8) is 0 Å². The summed E-state index contributed by atoms with van der Waals surface area (Å²) >= 11 is 3.52. The van der Waals surface area contributed by atoms with E-state index in [9.17, 15) is 0 Å². The molecule has 2 nitrogen and oxygen atoms in total. The molecule has 0 radical (unpaired) electrons. The van der Waals surface area contributed by atoms with Gasteiger partial charge in [-0.25, -0.2) is 4.98 Å². The standard InChI is InChI=1S/C15H17BrN2/c1-10(2)12-4-6-13(7-5-12)18-15-14(16)8-11(3)9-17-15/h4-10H,1-3H3,(H,17,18). The molecule has 2 rings (SSSR count). The highest BCUT2D eigenvalue weighted by atomic mass is 79.9. The SMILES string of the molecule is Cc1cnc(Nc2ccc(C(C)C)cc2)c(Br)c1. The number of nitrogens with zero attached hydrogens (tertiary/aromatic N) is 1. The lowest BCUT2D eigenvalue weighted by molar-refractivity contribution is 0.867. The number of pyridine rings is 1. The Morgan fingerprint density at radius 3 is 2.39 bits per heavy atom. The minimum atomic E-state index is 0.559. The van der Waals surface area contributed by atoms with Gasteiger partial charge in [0.25, 0.3) is 0 Å². The van der Waals surface area contributed by atoms with Gasteiger partial charge in [-0.2, -0.15) is 0 Å². The molecule has 0 aliphatic heterocycles. The van der Waals surface area contributed by atoms with Crippen molar-refractivity contribution in [3.8, 4) is 0 Å². The van der Waals surface area contributed by atoms with Crippen LogP contribution >= 0.6 is 15.9 Å². The first-order chi connectivity index (χ1) is 8.56. The molecule has 0 fully saturated rings. The van der Waals surface area contributed by atoms with Gasteiger partial charge in [0.05, 0.1) is 4.47 Å². The van der Waals surface area contributed by atoms with Crippen LogP contribution in [-0.2, 0) is 0 Å². The molecule has 1 aromatic heterocycles. The lowest BCUT2D eigenvalue weighted by Gasteiger charge is -2.10. The monoisotopic (exact) mass is 304 g/mol. The zero-order chi connectivity index (χ0) is 13.1. The summed E-state index contributed by atoms with van der Waals surface area (Å²) in [5, 5.41) is 3.31. The quantitative estimate of drug-likeness (QED) is 0.861. The zero-order valence-corrected chi connectivity index (χ0v) is 12.5. The van der Waals surface area contributed by atoms with Crippen molar-refractivity contribution in [3.05, 3.63) is 52.1 Å². The second-order valence-electron chi connectivity index (χ2n) is 4.74. The van der Waals surface area contributed by atoms with Gasteiger partial charge in [0.15, 0.2) is 0 Å². The minimum Gasteiger partial charge on any atom is -0.339 e. The zero-order valence-electron chi connectivity index (χ0n) is 10.9. The fourth-order valence-electron chi connectivity index (χ4n) is 1.71. The van der Waals surface area contributed by atoms with Gasteiger partial charge in [-0.3, -0.25) is 0 Å². The highest BCUT2D eigenvalue weighted by Gasteiger charge is 2.03. The topological polar surface area (TPSA) is 24.9 Å². The molecule has 0 saturated carbocycles. The molecule has 3 heteroatoms. The van der Waals surface area contributed by atoms with Crippen molar-refractivity contribution < 1.29 is 0 Å². The lowest BCUT2D eigenvalue weighted by Crippen LogP contribution is -1.96. The number of aryl methyl sites for hydroxylation is 1. The number of hydrogen-bond acceptors (Lipinski definition) is 2. The molecule has 2 aromatic rings. The third-order valence-corrected chi connectivity index (χ3v) is 3.42. The van der Waals surface area contributed by atoms with Gasteiger partial charge in [0, 0.05) is 11.9 Å². The first-order valence-corrected chi connectivity index (χ1v) is 6.84. The molecular formula is C15H17BrN2. The van der Waals surface area contributed by atoms with E-state index >= 15 is 0 Å². The largest absolute Gasteiger partial charge is 0.339 e. The number of nitrogens with one attached hydrogen (secondary N) is 1. The molecule has 1 heterocycles. The van der Waals surface area contributed by atoms with Crippen molar-refractivity contribution in [1.29, 1.82) is 0 Å². The predicted octanol–water partition coefficient (Wildman–Crippen LogP) is 5.02. The van der Waals surface area contributed by atoms with Crippen LogP contribution in [0.3, 0.4) is 0 Å². The lowest BCUT2D eigenvalue weighted by atomic mass is 10.0. The maximum atomic E-state index is 4.37. The smallest absolute Gasteiger partial charge is 0.144 e. The van der Waals surface area contributed by atoms with E-state index in [1.165, 1.54) is 5.56 Å². The highest BCUT2D eigenvalue weighted by molar-refractivity contribution is 9.10. The van der Waals surface area contributed by atoms with E-state index in [0.717, 1.165) is 21.5 Å². The Morgan fingerprint density at radius 2 is 1.83 bits per heavy atom. The molecule has 0 atom stereocenters. The van der Waals surface area contributed by atoms with E-state index in [1.807, 2.05) is 13.1 Å². The van der Waals surface area contributed by atoms with Crippen molar-refractivity contribution in [1.82, 2.24) is 4.98 Å².